The van der Waals surface area contributed by atoms with Gasteiger partial charge in [-0.25, -0.2) is 4.98 Å². The molecule has 4 rings (SSSR count). The zero-order chi connectivity index (χ0) is 19.1. The Morgan fingerprint density at radius 2 is 2.07 bits per heavy atom. The molecular formula is C20H19Cl2N3O2. The Morgan fingerprint density at radius 1 is 1.30 bits per heavy atom. The first-order valence-electron chi connectivity index (χ1n) is 8.83. The van der Waals surface area contributed by atoms with Crippen LogP contribution in [0.3, 0.4) is 0 Å². The average Bonchev–Trinajstić information content (AvgIpc) is 3.46. The van der Waals surface area contributed by atoms with E-state index >= 15 is 0 Å². The van der Waals surface area contributed by atoms with Gasteiger partial charge in [0.25, 0.3) is 5.56 Å². The maximum absolute atomic E-state index is 13.0. The number of pyridine rings is 1. The fraction of sp³-hybridized carbons (Fsp3) is 0.350. The first kappa shape index (κ1) is 18.4. The second kappa shape index (κ2) is 7.23. The molecule has 7 heteroatoms. The van der Waals surface area contributed by atoms with Crippen LogP contribution >= 0.6 is 23.2 Å². The molecule has 2 heterocycles. The van der Waals surface area contributed by atoms with E-state index in [1.54, 1.807) is 32.4 Å². The molecule has 0 radical (unpaired) electrons. The molecule has 27 heavy (non-hydrogen) atoms. The van der Waals surface area contributed by atoms with E-state index in [9.17, 15) is 4.79 Å². The number of hydrogen-bond donors (Lipinski definition) is 0. The van der Waals surface area contributed by atoms with Gasteiger partial charge in [-0.2, -0.15) is 0 Å². The molecular weight excluding hydrogens is 385 g/mol. The monoisotopic (exact) mass is 403 g/mol. The number of methoxy groups -OCH3 is 1. The van der Waals surface area contributed by atoms with Crippen LogP contribution in [0.2, 0.25) is 10.0 Å². The molecule has 1 unspecified atom stereocenters. The van der Waals surface area contributed by atoms with Crippen molar-refractivity contribution in [3.05, 3.63) is 56.6 Å². The van der Waals surface area contributed by atoms with Crippen molar-refractivity contribution in [3.8, 4) is 11.3 Å². The number of halogens is 2. The summed E-state index contributed by atoms with van der Waals surface area (Å²) >= 11 is 12.4. The minimum Gasteiger partial charge on any atom is -0.383 e. The minimum atomic E-state index is -0.0872. The molecule has 0 N–H and O–H groups in total. The summed E-state index contributed by atoms with van der Waals surface area (Å²) in [5.74, 6) is 0.448. The van der Waals surface area contributed by atoms with Gasteiger partial charge in [-0.1, -0.05) is 23.2 Å². The van der Waals surface area contributed by atoms with Crippen molar-refractivity contribution in [2.24, 2.45) is 5.92 Å². The maximum atomic E-state index is 13.0. The quantitative estimate of drug-likeness (QED) is 0.620. The molecule has 1 aromatic carbocycles. The van der Waals surface area contributed by atoms with E-state index in [1.807, 2.05) is 16.7 Å². The second-order valence-electron chi connectivity index (χ2n) is 6.88. The van der Waals surface area contributed by atoms with E-state index < -0.39 is 0 Å². The summed E-state index contributed by atoms with van der Waals surface area (Å²) in [5.41, 5.74) is 3.12. The highest BCUT2D eigenvalue weighted by Crippen LogP contribution is 2.41. The summed E-state index contributed by atoms with van der Waals surface area (Å²) in [5, 5.41) is 1.05. The Balaban J connectivity index is 2.00. The van der Waals surface area contributed by atoms with Crippen LogP contribution in [-0.4, -0.2) is 28.3 Å². The third kappa shape index (κ3) is 3.35. The zero-order valence-corrected chi connectivity index (χ0v) is 16.6. The van der Waals surface area contributed by atoms with E-state index in [2.05, 4.69) is 9.97 Å². The Labute approximate surface area is 166 Å². The molecule has 1 atom stereocenters. The maximum Gasteiger partial charge on any atom is 0.272 e. The topological polar surface area (TPSA) is 57.0 Å². The number of benzene rings is 1. The van der Waals surface area contributed by atoms with Crippen LogP contribution in [0.4, 0.5) is 0 Å². The molecule has 140 valence electrons. The minimum absolute atomic E-state index is 0.0114. The molecule has 0 bridgehead atoms. The largest absolute Gasteiger partial charge is 0.383 e. The van der Waals surface area contributed by atoms with Gasteiger partial charge in [-0.05, 0) is 49.9 Å². The van der Waals surface area contributed by atoms with Crippen molar-refractivity contribution in [2.45, 2.75) is 25.8 Å². The molecule has 1 aliphatic carbocycles. The molecule has 1 aliphatic rings. The Hall–Kier alpha value is -1.95. The van der Waals surface area contributed by atoms with Crippen LogP contribution < -0.4 is 5.56 Å². The Kier molecular flexibility index (Phi) is 4.93. The fourth-order valence-corrected chi connectivity index (χ4v) is 4.03. The third-order valence-corrected chi connectivity index (χ3v) is 5.54. The molecule has 0 saturated heterocycles. The first-order valence-corrected chi connectivity index (χ1v) is 9.59. The van der Waals surface area contributed by atoms with Crippen LogP contribution in [0, 0.1) is 12.8 Å². The summed E-state index contributed by atoms with van der Waals surface area (Å²) in [4.78, 5) is 22.0. The zero-order valence-electron chi connectivity index (χ0n) is 15.1. The molecule has 5 nitrogen and oxygen atoms in total. The fourth-order valence-electron chi connectivity index (χ4n) is 3.53. The van der Waals surface area contributed by atoms with E-state index in [4.69, 9.17) is 27.9 Å². The normalized spacial score (nSPS) is 15.3. The number of aryl methyl sites for hydroxylation is 1. The molecule has 0 amide bonds. The van der Waals surface area contributed by atoms with Gasteiger partial charge in [0.1, 0.15) is 11.2 Å². The standard InChI is InChI=1S/C20H19Cl2N3O2/c1-11-20(26)25(17(10-27-2)12-3-4-12)16-7-8-23-18(19(16)24-11)14-6-5-13(21)9-15(14)22/h5-9,12,17H,3-4,10H2,1-2H3. The summed E-state index contributed by atoms with van der Waals surface area (Å²) in [7, 11) is 1.66. The van der Waals surface area contributed by atoms with Crippen LogP contribution in [0.5, 0.6) is 0 Å². The lowest BCUT2D eigenvalue weighted by molar-refractivity contribution is 0.145. The number of hydrogen-bond acceptors (Lipinski definition) is 4. The second-order valence-corrected chi connectivity index (χ2v) is 7.73. The summed E-state index contributed by atoms with van der Waals surface area (Å²) in [6.45, 7) is 2.22. The van der Waals surface area contributed by atoms with Gasteiger partial charge >= 0.3 is 0 Å². The van der Waals surface area contributed by atoms with Crippen LogP contribution in [0.1, 0.15) is 24.6 Å². The van der Waals surface area contributed by atoms with Crippen LogP contribution in [0.15, 0.2) is 35.3 Å². The Morgan fingerprint density at radius 3 is 2.74 bits per heavy atom. The van der Waals surface area contributed by atoms with Gasteiger partial charge in [0.15, 0.2) is 0 Å². The van der Waals surface area contributed by atoms with Gasteiger partial charge in [0, 0.05) is 23.9 Å². The molecule has 0 spiro atoms. The van der Waals surface area contributed by atoms with E-state index in [1.165, 1.54) is 0 Å². The summed E-state index contributed by atoms with van der Waals surface area (Å²) in [6.07, 6.45) is 3.89. The predicted molar refractivity (Wildman–Crippen MR) is 108 cm³/mol. The van der Waals surface area contributed by atoms with Crippen molar-refractivity contribution in [3.63, 3.8) is 0 Å². The van der Waals surface area contributed by atoms with Gasteiger partial charge in [0.2, 0.25) is 0 Å². The number of aromatic nitrogens is 3. The highest BCUT2D eigenvalue weighted by atomic mass is 35.5. The van der Waals surface area contributed by atoms with Crippen LogP contribution in [0.25, 0.3) is 22.3 Å². The highest BCUT2D eigenvalue weighted by molar-refractivity contribution is 6.36. The summed E-state index contributed by atoms with van der Waals surface area (Å²) < 4.78 is 7.25. The molecule has 1 fully saturated rings. The number of ether oxygens (including phenoxy) is 1. The van der Waals surface area contributed by atoms with Crippen molar-refractivity contribution in [1.29, 1.82) is 0 Å². The van der Waals surface area contributed by atoms with Crippen molar-refractivity contribution < 1.29 is 4.74 Å². The number of rotatable bonds is 5. The van der Waals surface area contributed by atoms with Gasteiger partial charge < -0.3 is 4.74 Å². The molecule has 3 aromatic rings. The third-order valence-electron chi connectivity index (χ3n) is 4.99. The van der Waals surface area contributed by atoms with Gasteiger partial charge in [-0.15, -0.1) is 0 Å². The van der Waals surface area contributed by atoms with Crippen LogP contribution in [-0.2, 0) is 4.74 Å². The smallest absolute Gasteiger partial charge is 0.272 e. The van der Waals surface area contributed by atoms with E-state index in [0.717, 1.165) is 23.9 Å². The average molecular weight is 404 g/mol. The van der Waals surface area contributed by atoms with Gasteiger partial charge in [0.05, 0.1) is 28.9 Å². The lowest BCUT2D eigenvalue weighted by Crippen LogP contribution is -2.31. The van der Waals surface area contributed by atoms with Crippen molar-refractivity contribution >= 4 is 34.2 Å². The highest BCUT2D eigenvalue weighted by Gasteiger charge is 2.34. The number of nitrogens with zero attached hydrogens (tertiary/aromatic N) is 3. The van der Waals surface area contributed by atoms with Crippen molar-refractivity contribution in [2.75, 3.05) is 13.7 Å². The lowest BCUT2D eigenvalue weighted by atomic mass is 10.1. The predicted octanol–water partition coefficient (Wildman–Crippen LogP) is 4.67. The van der Waals surface area contributed by atoms with Crippen molar-refractivity contribution in [1.82, 2.24) is 14.5 Å². The summed E-state index contributed by atoms with van der Waals surface area (Å²) in [6, 6.07) is 7.10. The van der Waals surface area contributed by atoms with E-state index in [-0.39, 0.29) is 11.6 Å². The van der Waals surface area contributed by atoms with E-state index in [0.29, 0.717) is 39.5 Å². The molecule has 1 saturated carbocycles. The first-order chi connectivity index (χ1) is 13.0. The SMILES string of the molecule is COCC(C1CC1)n1c(=O)c(C)nc2c(-c3ccc(Cl)cc3Cl)nccc21. The molecule has 2 aromatic heterocycles. The number of fused-ring (bicyclic) bond motifs is 1. The van der Waals surface area contributed by atoms with Gasteiger partial charge in [-0.3, -0.25) is 14.3 Å². The molecule has 0 aliphatic heterocycles. The lowest BCUT2D eigenvalue weighted by Gasteiger charge is -2.22. The Bertz CT molecular complexity index is 1080.